The molecular formula is C7H14F2N4O5S3. The Balaban J connectivity index is 3.92. The zero-order valence-electron chi connectivity index (χ0n) is 11.5. The first kappa shape index (κ1) is 18.0. The van der Waals surface area contributed by atoms with Crippen molar-refractivity contribution in [1.29, 1.82) is 0 Å². The van der Waals surface area contributed by atoms with E-state index in [4.69, 9.17) is 0 Å². The molecule has 124 valence electrons. The van der Waals surface area contributed by atoms with Gasteiger partial charge in [0.2, 0.25) is 0 Å². The van der Waals surface area contributed by atoms with Crippen molar-refractivity contribution in [3.8, 4) is 0 Å². The number of rotatable bonds is 3. The van der Waals surface area contributed by atoms with E-state index in [1.54, 1.807) is 0 Å². The minimum absolute atomic E-state index is 0.223. The highest BCUT2D eigenvalue weighted by molar-refractivity contribution is 8.06. The fourth-order valence-corrected chi connectivity index (χ4v) is 6.94. The molecule has 0 aromatic rings. The molecule has 1 saturated heterocycles. The molecule has 1 aliphatic heterocycles. The minimum atomic E-state index is -5.57. The highest BCUT2D eigenvalue weighted by atomic mass is 32.3. The van der Waals surface area contributed by atoms with Crippen molar-refractivity contribution < 1.29 is 29.4 Å². The summed E-state index contributed by atoms with van der Waals surface area (Å²) in [6.07, 6.45) is 0. The molecular weight excluding hydrogens is 354 g/mol. The van der Waals surface area contributed by atoms with Crippen LogP contribution >= 0.6 is 0 Å². The van der Waals surface area contributed by atoms with Crippen LogP contribution in [-0.2, 0) is 30.8 Å². The summed E-state index contributed by atoms with van der Waals surface area (Å²) in [6.45, 7) is 5.39. The fraction of sp³-hybridized carbons (Fsp3) is 0.857. The zero-order chi connectivity index (χ0) is 16.9. The standard InChI is InChI=1S/C7H14F2N4O5S3/c1-5-12-6(14)13(7(2,3)4)21(12,10-19(8,15)16)11-20(9,17)18/h5H2,1-4H3. The smallest absolute Gasteiger partial charge is 0.246 e. The summed E-state index contributed by atoms with van der Waals surface area (Å²) >= 11 is 0. The molecule has 0 bridgehead atoms. The second-order valence-corrected chi connectivity index (χ2v) is 9.53. The highest BCUT2D eigenvalue weighted by Gasteiger charge is 2.52. The predicted octanol–water partition coefficient (Wildman–Crippen LogP) is 1.32. The van der Waals surface area contributed by atoms with Gasteiger partial charge in [-0.25, -0.2) is 13.4 Å². The Hall–Kier alpha value is -1.02. The second kappa shape index (κ2) is 5.01. The summed E-state index contributed by atoms with van der Waals surface area (Å²) in [6, 6.07) is -0.820. The van der Waals surface area contributed by atoms with Crippen LogP contribution < -0.4 is 0 Å². The van der Waals surface area contributed by atoms with Crippen molar-refractivity contribution in [2.45, 2.75) is 33.2 Å². The molecule has 0 radical (unpaired) electrons. The molecule has 9 nitrogen and oxygen atoms in total. The van der Waals surface area contributed by atoms with E-state index < -0.39 is 42.4 Å². The topological polar surface area (TPSA) is 117 Å². The summed E-state index contributed by atoms with van der Waals surface area (Å²) in [7, 11) is -15.1. The number of halogens is 2. The molecule has 1 aliphatic rings. The van der Waals surface area contributed by atoms with Crippen LogP contribution in [0.2, 0.25) is 0 Å². The zero-order valence-corrected chi connectivity index (χ0v) is 14.0. The van der Waals surface area contributed by atoms with Crippen LogP contribution in [0, 0.1) is 0 Å². The minimum Gasteiger partial charge on any atom is -0.246 e. The highest BCUT2D eigenvalue weighted by Crippen LogP contribution is 2.37. The summed E-state index contributed by atoms with van der Waals surface area (Å²) in [4.78, 5) is 11.9. The third-order valence-corrected chi connectivity index (χ3v) is 7.43. The SMILES string of the molecule is CCN1C(=O)N(C(C)(C)C)S1(=NS(=O)(=O)F)=NS(=O)(=O)F. The van der Waals surface area contributed by atoms with Crippen molar-refractivity contribution in [2.24, 2.45) is 7.54 Å². The molecule has 2 amide bonds. The van der Waals surface area contributed by atoms with Crippen molar-refractivity contribution in [1.82, 2.24) is 8.61 Å². The van der Waals surface area contributed by atoms with E-state index in [9.17, 15) is 29.4 Å². The molecule has 1 fully saturated rings. The van der Waals surface area contributed by atoms with Gasteiger partial charge in [-0.3, -0.25) is 0 Å². The Bertz CT molecular complexity index is 745. The van der Waals surface area contributed by atoms with Crippen LogP contribution in [0.15, 0.2) is 7.54 Å². The lowest BCUT2D eigenvalue weighted by Gasteiger charge is -2.52. The third-order valence-electron chi connectivity index (χ3n) is 2.20. The predicted molar refractivity (Wildman–Crippen MR) is 71.6 cm³/mol. The number of nitrogens with zero attached hydrogens (tertiary/aromatic N) is 4. The summed E-state index contributed by atoms with van der Waals surface area (Å²) < 4.78 is 75.9. The van der Waals surface area contributed by atoms with Crippen LogP contribution in [0.1, 0.15) is 27.7 Å². The van der Waals surface area contributed by atoms with Crippen LogP contribution in [0.5, 0.6) is 0 Å². The summed E-state index contributed by atoms with van der Waals surface area (Å²) in [5.74, 6) is 0. The first-order valence-corrected chi connectivity index (χ1v) is 9.61. The maximum absolute atomic E-state index is 13.0. The van der Waals surface area contributed by atoms with Crippen molar-refractivity contribution >= 4 is 36.8 Å². The van der Waals surface area contributed by atoms with Gasteiger partial charge in [-0.15, -0.1) is 0 Å². The molecule has 0 aromatic heterocycles. The van der Waals surface area contributed by atoms with Crippen molar-refractivity contribution in [3.05, 3.63) is 0 Å². The molecule has 1 rings (SSSR count). The monoisotopic (exact) mass is 368 g/mol. The van der Waals surface area contributed by atoms with E-state index in [2.05, 4.69) is 7.54 Å². The maximum atomic E-state index is 13.0. The average Bonchev–Trinajstić information content (AvgIpc) is 2.08. The molecule has 14 heteroatoms. The molecule has 0 spiro atoms. The van der Waals surface area contributed by atoms with E-state index in [0.29, 0.717) is 8.61 Å². The number of carbonyl (C=O) groups excluding carboxylic acids is 1. The Morgan fingerprint density at radius 1 is 1.10 bits per heavy atom. The maximum Gasteiger partial charge on any atom is 0.427 e. The van der Waals surface area contributed by atoms with Crippen LogP contribution in [0.3, 0.4) is 0 Å². The van der Waals surface area contributed by atoms with E-state index in [-0.39, 0.29) is 6.54 Å². The lowest BCUT2D eigenvalue weighted by molar-refractivity contribution is 0.159. The number of amides is 2. The molecule has 0 N–H and O–H groups in total. The fourth-order valence-electron chi connectivity index (χ4n) is 1.74. The first-order valence-electron chi connectivity index (χ1n) is 5.47. The third kappa shape index (κ3) is 3.60. The van der Waals surface area contributed by atoms with Gasteiger partial charge in [0.05, 0.1) is 5.54 Å². The van der Waals surface area contributed by atoms with Gasteiger partial charge in [-0.05, 0) is 27.7 Å². The number of hydrogen-bond donors (Lipinski definition) is 0. The largest absolute Gasteiger partial charge is 0.427 e. The van der Waals surface area contributed by atoms with Gasteiger partial charge >= 0.3 is 26.8 Å². The summed E-state index contributed by atoms with van der Waals surface area (Å²) in [5, 5.41) is 0. The van der Waals surface area contributed by atoms with E-state index >= 15 is 0 Å². The molecule has 0 aliphatic carbocycles. The normalized spacial score (nSPS) is 19.2. The van der Waals surface area contributed by atoms with E-state index in [0.717, 1.165) is 0 Å². The number of urea groups is 1. The Labute approximate surface area is 122 Å². The first-order chi connectivity index (χ1) is 9.14. The van der Waals surface area contributed by atoms with E-state index in [1.807, 2.05) is 0 Å². The van der Waals surface area contributed by atoms with Gasteiger partial charge in [0.1, 0.15) is 0 Å². The van der Waals surface area contributed by atoms with Gasteiger partial charge in [0.15, 0.2) is 9.99 Å². The van der Waals surface area contributed by atoms with Gasteiger partial charge in [0, 0.05) is 6.54 Å². The number of carbonyl (C=O) groups is 1. The molecule has 0 aromatic carbocycles. The van der Waals surface area contributed by atoms with Gasteiger partial charge in [-0.2, -0.15) is 16.8 Å². The Morgan fingerprint density at radius 3 is 1.71 bits per heavy atom. The summed E-state index contributed by atoms with van der Waals surface area (Å²) in [5.41, 5.74) is -1.15. The van der Waals surface area contributed by atoms with Crippen LogP contribution in [0.25, 0.3) is 0 Å². The molecule has 0 saturated carbocycles. The van der Waals surface area contributed by atoms with Crippen LogP contribution in [-0.4, -0.2) is 43.6 Å². The van der Waals surface area contributed by atoms with Gasteiger partial charge in [0.25, 0.3) is 0 Å². The quantitative estimate of drug-likeness (QED) is 0.697. The molecule has 0 atom stereocenters. The van der Waals surface area contributed by atoms with Crippen LogP contribution in [0.4, 0.5) is 12.6 Å². The lowest BCUT2D eigenvalue weighted by atomic mass is 10.1. The number of hydrogen-bond acceptors (Lipinski definition) is 5. The van der Waals surface area contributed by atoms with Gasteiger partial charge < -0.3 is 0 Å². The average molecular weight is 368 g/mol. The Morgan fingerprint density at radius 2 is 1.48 bits per heavy atom. The lowest BCUT2D eigenvalue weighted by Crippen LogP contribution is -2.68. The van der Waals surface area contributed by atoms with E-state index in [1.165, 1.54) is 27.7 Å². The van der Waals surface area contributed by atoms with Crippen molar-refractivity contribution in [3.63, 3.8) is 0 Å². The molecule has 0 unspecified atom stereocenters. The molecule has 1 heterocycles. The van der Waals surface area contributed by atoms with Gasteiger partial charge in [-0.1, -0.05) is 15.3 Å². The molecule has 21 heavy (non-hydrogen) atoms. The Kier molecular flexibility index (Phi) is 4.31. The van der Waals surface area contributed by atoms with Crippen molar-refractivity contribution in [2.75, 3.05) is 6.54 Å². The second-order valence-electron chi connectivity index (χ2n) is 4.91.